The zero-order valence-electron chi connectivity index (χ0n) is 18.8. The van der Waals surface area contributed by atoms with Crippen molar-refractivity contribution in [3.63, 3.8) is 0 Å². The van der Waals surface area contributed by atoms with Crippen molar-refractivity contribution in [1.82, 2.24) is 14.9 Å². The second-order valence-corrected chi connectivity index (χ2v) is 7.71. The lowest BCUT2D eigenvalue weighted by molar-refractivity contribution is -0.196. The number of alkyl halides is 3. The Labute approximate surface area is 199 Å². The lowest BCUT2D eigenvalue weighted by Crippen LogP contribution is -2.62. The maximum Gasteiger partial charge on any atom is 0.425 e. The number of anilines is 1. The summed E-state index contributed by atoms with van der Waals surface area (Å²) >= 11 is 0. The lowest BCUT2D eigenvalue weighted by atomic mass is 9.91. The smallest absolute Gasteiger partial charge is 0.425 e. The van der Waals surface area contributed by atoms with E-state index >= 15 is 0 Å². The van der Waals surface area contributed by atoms with E-state index in [2.05, 4.69) is 0 Å². The van der Waals surface area contributed by atoms with Crippen LogP contribution in [0.4, 0.5) is 19.0 Å². The van der Waals surface area contributed by atoms with Crippen molar-refractivity contribution in [2.75, 3.05) is 19.5 Å². The number of hydrogen-bond acceptors (Lipinski definition) is 7. The van der Waals surface area contributed by atoms with Crippen molar-refractivity contribution in [1.29, 1.82) is 0 Å². The van der Waals surface area contributed by atoms with E-state index in [1.165, 1.54) is 20.3 Å². The molecule has 3 N–H and O–H groups in total. The average Bonchev–Trinajstić information content (AvgIpc) is 3.46. The normalized spacial score (nSPS) is 16.9. The molecule has 0 aliphatic carbocycles. The Hall–Kier alpha value is -4.49. The van der Waals surface area contributed by atoms with Crippen LogP contribution in [0, 0.1) is 0 Å². The number of aryl methyl sites for hydroxylation is 1. The Morgan fingerprint density at radius 3 is 2.47 bits per heavy atom. The predicted molar refractivity (Wildman–Crippen MR) is 117 cm³/mol. The number of carbonyl (C=O) groups excluding carboxylic acids is 2. The van der Waals surface area contributed by atoms with Gasteiger partial charge in [-0.3, -0.25) is 23.9 Å². The summed E-state index contributed by atoms with van der Waals surface area (Å²) < 4.78 is 59.2. The van der Waals surface area contributed by atoms with Crippen LogP contribution in [-0.2, 0) is 23.3 Å². The van der Waals surface area contributed by atoms with Crippen LogP contribution in [0.2, 0.25) is 0 Å². The number of hydrogen-bond donors (Lipinski definition) is 3. The van der Waals surface area contributed by atoms with Gasteiger partial charge in [-0.05, 0) is 36.2 Å². The van der Waals surface area contributed by atoms with Crippen LogP contribution in [0.3, 0.4) is 0 Å². The molecule has 3 aromatic rings. The zero-order valence-corrected chi connectivity index (χ0v) is 18.8. The van der Waals surface area contributed by atoms with E-state index in [-0.39, 0.29) is 13.0 Å². The summed E-state index contributed by atoms with van der Waals surface area (Å²) in [6, 6.07) is 7.21. The zero-order chi connectivity index (χ0) is 26.3. The minimum atomic E-state index is -5.46. The minimum absolute atomic E-state index is 0.104. The fraction of sp³-hybridized carbons (Fsp3) is 0.273. The highest BCUT2D eigenvalue weighted by Crippen LogP contribution is 2.45. The summed E-state index contributed by atoms with van der Waals surface area (Å²) in [6.07, 6.45) is -4.30. The molecule has 0 spiro atoms. The molecule has 11 nitrogen and oxygen atoms in total. The number of H-pyrrole nitrogens is 1. The number of ether oxygens (including phenoxy) is 2. The largest absolute Gasteiger partial charge is 0.493 e. The van der Waals surface area contributed by atoms with Crippen LogP contribution in [0.15, 0.2) is 50.6 Å². The van der Waals surface area contributed by atoms with Gasteiger partial charge >= 0.3 is 11.9 Å². The fourth-order valence-electron chi connectivity index (χ4n) is 3.95. The molecule has 4 rings (SSSR count). The molecule has 1 aliphatic rings. The number of methoxy groups -OCH3 is 2. The first-order valence-corrected chi connectivity index (χ1v) is 10.4. The highest BCUT2D eigenvalue weighted by molar-refractivity contribution is 6.08. The molecule has 1 aromatic carbocycles. The Kier molecular flexibility index (Phi) is 6.12. The van der Waals surface area contributed by atoms with Crippen LogP contribution in [0.5, 0.6) is 11.5 Å². The highest BCUT2D eigenvalue weighted by atomic mass is 19.4. The third-order valence-corrected chi connectivity index (χ3v) is 5.69. The summed E-state index contributed by atoms with van der Waals surface area (Å²) in [5, 5.41) is 3.56. The topological polar surface area (TPSA) is 145 Å². The number of rotatable bonds is 7. The van der Waals surface area contributed by atoms with Crippen LogP contribution < -0.4 is 31.4 Å². The summed E-state index contributed by atoms with van der Waals surface area (Å²) in [7, 11) is 2.87. The van der Waals surface area contributed by atoms with E-state index in [0.29, 0.717) is 17.1 Å². The molecule has 1 aliphatic heterocycles. The lowest BCUT2D eigenvalue weighted by Gasteiger charge is -2.29. The van der Waals surface area contributed by atoms with Gasteiger partial charge in [0.15, 0.2) is 17.3 Å². The van der Waals surface area contributed by atoms with Crippen molar-refractivity contribution < 1.29 is 36.7 Å². The van der Waals surface area contributed by atoms with Gasteiger partial charge in [0.2, 0.25) is 0 Å². The standard InChI is InChI=1S/C22H19F3N4O7/c1-34-12-6-5-11(10-14(12)35-2)7-8-29-16-15(18(31)27-20(29)33)21(19(32)26-16,22(23,24)25)28-17(30)13-4-3-9-36-13/h3-6,9-10H,7-8H2,1-2H3,(H,26,32)(H,28,30)(H,27,31,33)/t21-/m0/s1. The van der Waals surface area contributed by atoms with Gasteiger partial charge in [-0.2, -0.15) is 13.2 Å². The maximum absolute atomic E-state index is 14.4. The molecule has 0 saturated heterocycles. The Bertz CT molecular complexity index is 1440. The summed E-state index contributed by atoms with van der Waals surface area (Å²) in [5.74, 6) is -3.50. The molecule has 2 aromatic heterocycles. The van der Waals surface area contributed by atoms with Crippen LogP contribution in [-0.4, -0.2) is 41.8 Å². The van der Waals surface area contributed by atoms with Gasteiger partial charge in [0.05, 0.1) is 20.5 Å². The van der Waals surface area contributed by atoms with Crippen molar-refractivity contribution in [2.24, 2.45) is 0 Å². The third kappa shape index (κ3) is 3.89. The molecule has 0 unspecified atom stereocenters. The molecular formula is C22H19F3N4O7. The SMILES string of the molecule is COc1ccc(CCn2c3c(c(=O)[nH]c2=O)[C@@](NC(=O)c2ccco2)(C(F)(F)F)C(=O)N3)cc1OC. The van der Waals surface area contributed by atoms with E-state index in [4.69, 9.17) is 13.9 Å². The predicted octanol–water partition coefficient (Wildman–Crippen LogP) is 1.53. The van der Waals surface area contributed by atoms with E-state index < -0.39 is 51.9 Å². The first-order valence-electron chi connectivity index (χ1n) is 10.4. The van der Waals surface area contributed by atoms with Crippen LogP contribution >= 0.6 is 0 Å². The van der Waals surface area contributed by atoms with Gasteiger partial charge in [-0.15, -0.1) is 0 Å². The van der Waals surface area contributed by atoms with Gasteiger partial charge in [0, 0.05) is 6.54 Å². The Morgan fingerprint density at radius 1 is 1.14 bits per heavy atom. The molecule has 0 radical (unpaired) electrons. The Balaban J connectivity index is 1.78. The molecule has 1 atom stereocenters. The number of nitrogens with one attached hydrogen (secondary N) is 3. The molecule has 0 saturated carbocycles. The molecule has 0 fully saturated rings. The summed E-state index contributed by atoms with van der Waals surface area (Å²) in [6.45, 7) is -0.228. The second-order valence-electron chi connectivity index (χ2n) is 7.71. The number of aromatic nitrogens is 2. The second kappa shape index (κ2) is 8.94. The quantitative estimate of drug-likeness (QED) is 0.439. The number of aromatic amines is 1. The number of fused-ring (bicyclic) bond motifs is 1. The van der Waals surface area contributed by atoms with Crippen LogP contribution in [0.25, 0.3) is 0 Å². The van der Waals surface area contributed by atoms with Gasteiger partial charge in [0.1, 0.15) is 11.4 Å². The minimum Gasteiger partial charge on any atom is -0.493 e. The highest BCUT2D eigenvalue weighted by Gasteiger charge is 2.68. The Morgan fingerprint density at radius 2 is 1.86 bits per heavy atom. The van der Waals surface area contributed by atoms with Crippen molar-refractivity contribution in [2.45, 2.75) is 24.7 Å². The number of halogens is 3. The van der Waals surface area contributed by atoms with Crippen LogP contribution in [0.1, 0.15) is 21.7 Å². The van der Waals surface area contributed by atoms with E-state index in [9.17, 15) is 32.3 Å². The molecule has 190 valence electrons. The summed E-state index contributed by atoms with van der Waals surface area (Å²) in [5.41, 5.74) is -6.83. The third-order valence-electron chi connectivity index (χ3n) is 5.69. The van der Waals surface area contributed by atoms with E-state index in [1.54, 1.807) is 23.5 Å². The number of carbonyl (C=O) groups is 2. The van der Waals surface area contributed by atoms with E-state index in [0.717, 1.165) is 16.9 Å². The van der Waals surface area contributed by atoms with Crippen molar-refractivity contribution >= 4 is 17.6 Å². The average molecular weight is 508 g/mol. The van der Waals surface area contributed by atoms with E-state index in [1.807, 2.05) is 10.3 Å². The first-order chi connectivity index (χ1) is 17.0. The van der Waals surface area contributed by atoms with Gasteiger partial charge in [-0.25, -0.2) is 4.79 Å². The number of nitrogens with zero attached hydrogens (tertiary/aromatic N) is 1. The molecule has 3 heterocycles. The number of benzene rings is 1. The number of amides is 2. The van der Waals surface area contributed by atoms with Gasteiger partial charge in [0.25, 0.3) is 22.9 Å². The molecular weight excluding hydrogens is 489 g/mol. The molecule has 36 heavy (non-hydrogen) atoms. The van der Waals surface area contributed by atoms with Gasteiger partial charge in [-0.1, -0.05) is 6.07 Å². The molecule has 2 amide bonds. The molecule has 14 heteroatoms. The monoisotopic (exact) mass is 508 g/mol. The van der Waals surface area contributed by atoms with Crippen molar-refractivity contribution in [3.05, 3.63) is 74.3 Å². The van der Waals surface area contributed by atoms with Gasteiger partial charge < -0.3 is 24.5 Å². The maximum atomic E-state index is 14.4. The number of furan rings is 1. The summed E-state index contributed by atoms with van der Waals surface area (Å²) in [4.78, 5) is 52.2. The molecule has 0 bridgehead atoms. The fourth-order valence-corrected chi connectivity index (χ4v) is 3.95. The van der Waals surface area contributed by atoms with Crippen molar-refractivity contribution in [3.8, 4) is 11.5 Å². The first kappa shape index (κ1) is 24.6.